The lowest BCUT2D eigenvalue weighted by atomic mass is 9.69. The van der Waals surface area contributed by atoms with Crippen LogP contribution >= 0.6 is 12.2 Å². The first-order chi connectivity index (χ1) is 24.7. The lowest BCUT2D eigenvalue weighted by molar-refractivity contribution is -0.318. The van der Waals surface area contributed by atoms with E-state index in [1.54, 1.807) is 30.3 Å². The van der Waals surface area contributed by atoms with Crippen LogP contribution in [-0.4, -0.2) is 40.3 Å². The van der Waals surface area contributed by atoms with Crippen molar-refractivity contribution in [2.75, 3.05) is 23.7 Å². The molecular weight excluding hydrogens is 666 g/mol. The second-order valence-electron chi connectivity index (χ2n) is 13.6. The van der Waals surface area contributed by atoms with Crippen LogP contribution in [-0.2, 0) is 16.9 Å². The number of halogens is 3. The summed E-state index contributed by atoms with van der Waals surface area (Å²) in [4.78, 5) is 6.46. The molecule has 2 bridgehead atoms. The predicted octanol–water partition coefficient (Wildman–Crippen LogP) is 10.2. The molecule has 9 heteroatoms. The Morgan fingerprint density at radius 1 is 0.882 bits per heavy atom. The molecule has 1 unspecified atom stereocenters. The fourth-order valence-electron chi connectivity index (χ4n) is 8.30. The molecule has 3 fully saturated rings. The van der Waals surface area contributed by atoms with E-state index >= 15 is 13.2 Å². The molecule has 51 heavy (non-hydrogen) atoms. The second-order valence-corrected chi connectivity index (χ2v) is 14.0. The standard InChI is InChI=1S/C42H37F3N4OS/c1-2-28-25-49-21-19-29(28)23-39(49)41(42(43,44)45,50-26-27-10-4-3-5-11-27)36-18-20-46-37-17-16-31(24-35(36)37)47-40(51)48-38-22-30-12-6-7-13-32(30)33-14-8-9-15-34(33)38/h2-18,20,22,24,28-29,39H,1,19,21,23,25-26H2,(H2,47,48,51)/t28-,29-,39+,41+/m0/s1. The maximum absolute atomic E-state index is 16.1. The third-order valence-corrected chi connectivity index (χ3v) is 10.9. The van der Waals surface area contributed by atoms with Gasteiger partial charge in [-0.3, -0.25) is 9.88 Å². The summed E-state index contributed by atoms with van der Waals surface area (Å²) in [5.74, 6) is 0.243. The molecule has 5 atom stereocenters. The highest BCUT2D eigenvalue weighted by Gasteiger charge is 2.65. The fourth-order valence-corrected chi connectivity index (χ4v) is 8.52. The SMILES string of the molecule is C=C[C@H]1CN2CC[C@H]1C[C@@H]2[C@](OCc1ccccc1)(c1ccnc2ccc(NC(=S)Nc3cc4ccccc4c4ccccc34)cc12)C(F)(F)F. The molecule has 0 radical (unpaired) electrons. The number of ether oxygens (including phenoxy) is 1. The smallest absolute Gasteiger partial charge is 0.355 e. The minimum atomic E-state index is -4.75. The summed E-state index contributed by atoms with van der Waals surface area (Å²) in [5, 5.41) is 11.6. The number of anilines is 2. The number of thiocarbonyl (C=S) groups is 1. The van der Waals surface area contributed by atoms with Gasteiger partial charge in [0.1, 0.15) is 0 Å². The van der Waals surface area contributed by atoms with Crippen LogP contribution in [0.3, 0.4) is 0 Å². The number of pyridine rings is 1. The van der Waals surface area contributed by atoms with Crippen molar-refractivity contribution in [2.24, 2.45) is 11.8 Å². The van der Waals surface area contributed by atoms with E-state index in [9.17, 15) is 0 Å². The van der Waals surface area contributed by atoms with E-state index in [0.29, 0.717) is 46.8 Å². The lowest BCUT2D eigenvalue weighted by Gasteiger charge is -2.56. The van der Waals surface area contributed by atoms with Crippen molar-refractivity contribution in [3.8, 4) is 0 Å². The van der Waals surface area contributed by atoms with E-state index < -0.39 is 17.8 Å². The molecule has 5 aromatic carbocycles. The van der Waals surface area contributed by atoms with Gasteiger partial charge in [0.2, 0.25) is 5.60 Å². The first-order valence-corrected chi connectivity index (χ1v) is 17.6. The monoisotopic (exact) mass is 702 g/mol. The maximum Gasteiger partial charge on any atom is 0.423 e. The molecule has 6 aromatic rings. The van der Waals surface area contributed by atoms with Gasteiger partial charge in [-0.1, -0.05) is 84.9 Å². The van der Waals surface area contributed by atoms with Crippen molar-refractivity contribution in [1.82, 2.24) is 9.88 Å². The van der Waals surface area contributed by atoms with Gasteiger partial charge in [0, 0.05) is 40.5 Å². The largest absolute Gasteiger partial charge is 0.423 e. The minimum Gasteiger partial charge on any atom is -0.355 e. The van der Waals surface area contributed by atoms with Gasteiger partial charge < -0.3 is 15.4 Å². The highest BCUT2D eigenvalue weighted by molar-refractivity contribution is 7.80. The normalized spacial score (nSPS) is 21.4. The summed E-state index contributed by atoms with van der Waals surface area (Å²) < 4.78 is 54.7. The number of fused-ring (bicyclic) bond motifs is 7. The summed E-state index contributed by atoms with van der Waals surface area (Å²) >= 11 is 5.79. The van der Waals surface area contributed by atoms with Crippen molar-refractivity contribution >= 4 is 61.2 Å². The molecule has 1 aromatic heterocycles. The number of nitrogens with one attached hydrogen (secondary N) is 2. The number of piperidine rings is 3. The molecule has 3 aliphatic heterocycles. The van der Waals surface area contributed by atoms with Gasteiger partial charge in [-0.25, -0.2) is 0 Å². The number of alkyl halides is 3. The Labute approximate surface area is 300 Å². The van der Waals surface area contributed by atoms with Gasteiger partial charge in [0.25, 0.3) is 0 Å². The topological polar surface area (TPSA) is 49.4 Å². The van der Waals surface area contributed by atoms with Crippen molar-refractivity contribution in [3.63, 3.8) is 0 Å². The molecule has 0 aliphatic carbocycles. The first-order valence-electron chi connectivity index (χ1n) is 17.2. The summed E-state index contributed by atoms with van der Waals surface area (Å²) in [6.07, 6.45) is -0.219. The van der Waals surface area contributed by atoms with Crippen LogP contribution < -0.4 is 10.6 Å². The molecule has 9 rings (SSSR count). The number of hydrogen-bond donors (Lipinski definition) is 2. The Morgan fingerprint density at radius 2 is 1.63 bits per heavy atom. The van der Waals surface area contributed by atoms with E-state index in [1.165, 1.54) is 12.3 Å². The van der Waals surface area contributed by atoms with Crippen molar-refractivity contribution < 1.29 is 17.9 Å². The Kier molecular flexibility index (Phi) is 8.74. The van der Waals surface area contributed by atoms with Crippen LogP contribution in [0.2, 0.25) is 0 Å². The van der Waals surface area contributed by atoms with Crippen molar-refractivity contribution in [2.45, 2.75) is 37.3 Å². The quantitative estimate of drug-likeness (QED) is 0.0936. The maximum atomic E-state index is 16.1. The highest BCUT2D eigenvalue weighted by Crippen LogP contribution is 2.54. The zero-order valence-electron chi connectivity index (χ0n) is 27.9. The molecule has 3 aliphatic rings. The molecule has 3 saturated heterocycles. The van der Waals surface area contributed by atoms with Gasteiger partial charge in [-0.05, 0) is 95.5 Å². The van der Waals surface area contributed by atoms with Crippen LogP contribution in [0.5, 0.6) is 0 Å². The summed E-state index contributed by atoms with van der Waals surface area (Å²) in [6, 6.07) is 33.2. The molecule has 2 N–H and O–H groups in total. The Hall–Kier alpha value is -4.83. The molecule has 0 saturated carbocycles. The van der Waals surface area contributed by atoms with Gasteiger partial charge in [-0.2, -0.15) is 13.2 Å². The van der Waals surface area contributed by atoms with E-state index in [-0.39, 0.29) is 24.0 Å². The summed E-state index contributed by atoms with van der Waals surface area (Å²) in [6.45, 7) is 4.89. The molecule has 258 valence electrons. The summed E-state index contributed by atoms with van der Waals surface area (Å²) in [7, 11) is 0. The van der Waals surface area contributed by atoms with Crippen molar-refractivity contribution in [3.05, 3.63) is 139 Å². The Morgan fingerprint density at radius 3 is 2.37 bits per heavy atom. The fraction of sp³-hybridized carbons (Fsp3) is 0.238. The second kappa shape index (κ2) is 13.4. The molecule has 5 nitrogen and oxygen atoms in total. The van der Waals surface area contributed by atoms with Gasteiger partial charge in [-0.15, -0.1) is 6.58 Å². The van der Waals surface area contributed by atoms with Gasteiger partial charge >= 0.3 is 6.18 Å². The van der Waals surface area contributed by atoms with E-state index in [1.807, 2.05) is 59.5 Å². The molecule has 4 heterocycles. The third kappa shape index (κ3) is 6.03. The lowest BCUT2D eigenvalue weighted by Crippen LogP contribution is -2.66. The number of aromatic nitrogens is 1. The Balaban J connectivity index is 1.19. The number of benzene rings is 5. The molecular formula is C42H37F3N4OS. The van der Waals surface area contributed by atoms with E-state index in [2.05, 4.69) is 46.5 Å². The first kappa shape index (κ1) is 33.3. The zero-order chi connectivity index (χ0) is 35.2. The van der Waals surface area contributed by atoms with Gasteiger partial charge in [0.15, 0.2) is 5.11 Å². The minimum absolute atomic E-state index is 0.0479. The number of rotatable bonds is 8. The van der Waals surface area contributed by atoms with Crippen LogP contribution in [0, 0.1) is 11.8 Å². The number of hydrogen-bond acceptors (Lipinski definition) is 4. The van der Waals surface area contributed by atoms with Crippen LogP contribution in [0.1, 0.15) is 24.0 Å². The zero-order valence-corrected chi connectivity index (χ0v) is 28.7. The van der Waals surface area contributed by atoms with Crippen LogP contribution in [0.15, 0.2) is 128 Å². The van der Waals surface area contributed by atoms with Crippen LogP contribution in [0.4, 0.5) is 24.5 Å². The predicted molar refractivity (Wildman–Crippen MR) is 204 cm³/mol. The van der Waals surface area contributed by atoms with E-state index in [4.69, 9.17) is 17.0 Å². The number of nitrogens with zero attached hydrogens (tertiary/aromatic N) is 2. The summed E-state index contributed by atoms with van der Waals surface area (Å²) in [5.41, 5.74) is -0.105. The van der Waals surface area contributed by atoms with Gasteiger partial charge in [0.05, 0.1) is 18.2 Å². The highest BCUT2D eigenvalue weighted by atomic mass is 32.1. The average molecular weight is 703 g/mol. The van der Waals surface area contributed by atoms with E-state index in [0.717, 1.165) is 33.7 Å². The van der Waals surface area contributed by atoms with Crippen molar-refractivity contribution in [1.29, 1.82) is 0 Å². The molecule has 0 amide bonds. The Bertz CT molecular complexity index is 2260. The molecule has 0 spiro atoms. The average Bonchev–Trinajstić information content (AvgIpc) is 3.15. The third-order valence-electron chi connectivity index (χ3n) is 10.7. The van der Waals surface area contributed by atoms with Crippen LogP contribution in [0.25, 0.3) is 32.4 Å².